The number of carbonyl (C=O) groups is 4. The molecule has 0 radical (unpaired) electrons. The van der Waals surface area contributed by atoms with Gasteiger partial charge < -0.3 is 39.3 Å². The summed E-state index contributed by atoms with van der Waals surface area (Å²) in [6.45, 7) is 20.1. The molecule has 1 aromatic rings. The first-order valence-electron chi connectivity index (χ1n) is 14.3. The lowest BCUT2D eigenvalue weighted by atomic mass is 9.79. The number of aliphatic carboxylic acids is 1. The molecule has 0 spiro atoms. The van der Waals surface area contributed by atoms with Crippen LogP contribution in [0.4, 0.5) is 14.4 Å². The van der Waals surface area contributed by atoms with Gasteiger partial charge in [0, 0.05) is 11.8 Å². The van der Waals surface area contributed by atoms with Crippen molar-refractivity contribution in [2.45, 2.75) is 100 Å². The Morgan fingerprint density at radius 3 is 1.65 bits per heavy atom. The maximum Gasteiger partial charge on any atom is 0.513 e. The molecule has 0 aromatic heterocycles. The summed E-state index contributed by atoms with van der Waals surface area (Å²) in [5, 5.41) is 9.82. The second-order valence-electron chi connectivity index (χ2n) is 13.5. The molecular weight excluding hydrogens is 562 g/mol. The van der Waals surface area contributed by atoms with Crippen molar-refractivity contribution in [2.24, 2.45) is 28.4 Å². The average Bonchev–Trinajstić information content (AvgIpc) is 2.86. The summed E-state index contributed by atoms with van der Waals surface area (Å²) in [5.74, 6) is -3.24. The van der Waals surface area contributed by atoms with Crippen LogP contribution in [0, 0.1) is 22.7 Å². The van der Waals surface area contributed by atoms with Gasteiger partial charge in [-0.1, -0.05) is 68.4 Å². The van der Waals surface area contributed by atoms with Crippen molar-refractivity contribution in [2.75, 3.05) is 13.2 Å². The third kappa shape index (κ3) is 13.5. The quantitative estimate of drug-likeness (QED) is 0.149. The summed E-state index contributed by atoms with van der Waals surface area (Å²) in [7, 11) is 0. The number of carbonyl (C=O) groups excluding carboxylic acids is 3. The largest absolute Gasteiger partial charge is 0.513 e. The van der Waals surface area contributed by atoms with Gasteiger partial charge in [0.15, 0.2) is 11.5 Å². The van der Waals surface area contributed by atoms with Crippen molar-refractivity contribution in [3.8, 4) is 11.5 Å². The number of hydrogen-bond donors (Lipinski definition) is 2. The van der Waals surface area contributed by atoms with Gasteiger partial charge in [-0.2, -0.15) is 0 Å². The molecule has 0 saturated heterocycles. The second-order valence-corrected chi connectivity index (χ2v) is 13.5. The summed E-state index contributed by atoms with van der Waals surface area (Å²) >= 11 is 0. The van der Waals surface area contributed by atoms with Crippen LogP contribution in [-0.2, 0) is 23.7 Å². The zero-order valence-corrected chi connectivity index (χ0v) is 27.2. The molecule has 0 aliphatic heterocycles. The minimum absolute atomic E-state index is 0.0409. The maximum absolute atomic E-state index is 12.6. The molecule has 0 saturated carbocycles. The van der Waals surface area contributed by atoms with Gasteiger partial charge in [0.2, 0.25) is 0 Å². The second kappa shape index (κ2) is 15.8. The zero-order valence-electron chi connectivity index (χ0n) is 27.2. The zero-order chi connectivity index (χ0) is 33.3. The SMILES string of the molecule is CC(C)C(C)OC(=O)OC(C)C(C)C(c1ccc(OC(=O)OCC(C)(C)C)c(OC(=O)OCC(C)(C)C)c1)[C@H](N)C(=O)O. The normalized spacial score (nSPS) is 15.4. The molecular formula is C31H49NO11. The van der Waals surface area contributed by atoms with Gasteiger partial charge in [-0.05, 0) is 48.3 Å². The fraction of sp³-hybridized carbons (Fsp3) is 0.677. The molecule has 4 unspecified atom stereocenters. The first kappa shape index (κ1) is 37.5. The number of benzene rings is 1. The Morgan fingerprint density at radius 1 is 0.744 bits per heavy atom. The maximum atomic E-state index is 12.6. The minimum atomic E-state index is -1.45. The van der Waals surface area contributed by atoms with Crippen LogP contribution in [0.1, 0.15) is 87.6 Å². The highest BCUT2D eigenvalue weighted by Gasteiger charge is 2.36. The van der Waals surface area contributed by atoms with Gasteiger partial charge in [-0.15, -0.1) is 0 Å². The lowest BCUT2D eigenvalue weighted by molar-refractivity contribution is -0.139. The average molecular weight is 612 g/mol. The fourth-order valence-corrected chi connectivity index (χ4v) is 3.54. The number of ether oxygens (including phenoxy) is 6. The first-order chi connectivity index (χ1) is 19.6. The molecule has 0 fully saturated rings. The van der Waals surface area contributed by atoms with Crippen LogP contribution in [-0.4, -0.2) is 61.0 Å². The highest BCUT2D eigenvalue weighted by Crippen LogP contribution is 2.37. The Bertz CT molecular complexity index is 1100. The number of hydrogen-bond acceptors (Lipinski definition) is 11. The Kier molecular flexibility index (Phi) is 13.8. The third-order valence-corrected chi connectivity index (χ3v) is 6.47. The third-order valence-electron chi connectivity index (χ3n) is 6.47. The standard InChI is InChI=1S/C31H49NO11/c1-17(2)19(4)40-29(37)41-20(5)18(3)24(25(32)26(33)34)21-12-13-22(42-27(35)38-15-30(6,7)8)23(14-21)43-28(36)39-16-31(9,10)11/h12-14,17-20,24-25H,15-16,32H2,1-11H3,(H,33,34)/t18?,19?,20?,24?,25-/m0/s1. The molecule has 244 valence electrons. The molecule has 5 atom stereocenters. The van der Waals surface area contributed by atoms with E-state index in [-0.39, 0.29) is 41.5 Å². The molecule has 12 heteroatoms. The predicted octanol–water partition coefficient (Wildman–Crippen LogP) is 6.53. The highest BCUT2D eigenvalue weighted by atomic mass is 16.7. The Balaban J connectivity index is 3.42. The van der Waals surface area contributed by atoms with E-state index in [1.165, 1.54) is 18.2 Å². The molecule has 0 amide bonds. The monoisotopic (exact) mass is 611 g/mol. The summed E-state index contributed by atoms with van der Waals surface area (Å²) in [6.07, 6.45) is -4.21. The Morgan fingerprint density at radius 2 is 1.21 bits per heavy atom. The Hall–Kier alpha value is -3.54. The molecule has 0 aliphatic carbocycles. The van der Waals surface area contributed by atoms with E-state index in [1.807, 2.05) is 55.4 Å². The van der Waals surface area contributed by atoms with Crippen molar-refractivity contribution in [3.63, 3.8) is 0 Å². The smallest absolute Gasteiger partial charge is 0.480 e. The van der Waals surface area contributed by atoms with Crippen LogP contribution < -0.4 is 15.2 Å². The number of carboxylic acids is 1. The van der Waals surface area contributed by atoms with E-state index in [0.29, 0.717) is 5.56 Å². The van der Waals surface area contributed by atoms with E-state index >= 15 is 0 Å². The van der Waals surface area contributed by atoms with Crippen LogP contribution >= 0.6 is 0 Å². The van der Waals surface area contributed by atoms with Crippen LogP contribution in [0.25, 0.3) is 0 Å². The van der Waals surface area contributed by atoms with Crippen molar-refractivity contribution in [1.82, 2.24) is 0 Å². The van der Waals surface area contributed by atoms with E-state index in [0.717, 1.165) is 0 Å². The van der Waals surface area contributed by atoms with Crippen molar-refractivity contribution < 1.29 is 52.7 Å². The van der Waals surface area contributed by atoms with Gasteiger partial charge in [0.25, 0.3) is 0 Å². The lowest BCUT2D eigenvalue weighted by Crippen LogP contribution is -2.43. The lowest BCUT2D eigenvalue weighted by Gasteiger charge is -2.32. The molecule has 0 heterocycles. The Labute approximate surface area is 254 Å². The van der Waals surface area contributed by atoms with E-state index < -0.39 is 54.5 Å². The van der Waals surface area contributed by atoms with Crippen molar-refractivity contribution in [1.29, 1.82) is 0 Å². The van der Waals surface area contributed by atoms with Crippen molar-refractivity contribution in [3.05, 3.63) is 23.8 Å². The number of nitrogens with two attached hydrogens (primary N) is 1. The van der Waals surface area contributed by atoms with Gasteiger partial charge >= 0.3 is 24.4 Å². The molecule has 0 aliphatic rings. The van der Waals surface area contributed by atoms with Gasteiger partial charge in [-0.25, -0.2) is 14.4 Å². The fourth-order valence-electron chi connectivity index (χ4n) is 3.54. The first-order valence-corrected chi connectivity index (χ1v) is 14.3. The van der Waals surface area contributed by atoms with Crippen LogP contribution in [0.3, 0.4) is 0 Å². The van der Waals surface area contributed by atoms with E-state index in [4.69, 9.17) is 34.2 Å². The molecule has 1 aromatic carbocycles. The number of carboxylic acid groups (broad SMARTS) is 1. The van der Waals surface area contributed by atoms with Gasteiger partial charge in [0.1, 0.15) is 18.2 Å². The van der Waals surface area contributed by atoms with Gasteiger partial charge in [-0.3, -0.25) is 4.79 Å². The number of rotatable bonds is 12. The van der Waals surface area contributed by atoms with E-state index in [9.17, 15) is 24.3 Å². The molecule has 43 heavy (non-hydrogen) atoms. The van der Waals surface area contributed by atoms with Crippen LogP contribution in [0.15, 0.2) is 18.2 Å². The molecule has 0 bridgehead atoms. The summed E-state index contributed by atoms with van der Waals surface area (Å²) in [5.41, 5.74) is 5.76. The van der Waals surface area contributed by atoms with E-state index in [2.05, 4.69) is 0 Å². The molecule has 1 rings (SSSR count). The van der Waals surface area contributed by atoms with Crippen LogP contribution in [0.2, 0.25) is 0 Å². The minimum Gasteiger partial charge on any atom is -0.480 e. The highest BCUT2D eigenvalue weighted by molar-refractivity contribution is 5.75. The molecule has 3 N–H and O–H groups in total. The van der Waals surface area contributed by atoms with Crippen LogP contribution in [0.5, 0.6) is 11.5 Å². The summed E-state index contributed by atoms with van der Waals surface area (Å²) < 4.78 is 31.8. The summed E-state index contributed by atoms with van der Waals surface area (Å²) in [6, 6.07) is 2.70. The van der Waals surface area contributed by atoms with Gasteiger partial charge in [0.05, 0.1) is 13.2 Å². The summed E-state index contributed by atoms with van der Waals surface area (Å²) in [4.78, 5) is 49.4. The van der Waals surface area contributed by atoms with E-state index in [1.54, 1.807) is 20.8 Å². The van der Waals surface area contributed by atoms with Crippen molar-refractivity contribution >= 4 is 24.4 Å². The molecule has 12 nitrogen and oxygen atoms in total. The topological polar surface area (TPSA) is 170 Å². The predicted molar refractivity (Wildman–Crippen MR) is 158 cm³/mol.